The Labute approximate surface area is 120 Å². The van der Waals surface area contributed by atoms with Crippen molar-refractivity contribution in [1.82, 2.24) is 15.1 Å². The molecule has 20 heavy (non-hydrogen) atoms. The van der Waals surface area contributed by atoms with E-state index in [1.807, 2.05) is 16.9 Å². The van der Waals surface area contributed by atoms with Crippen LogP contribution in [0, 0.1) is 13.8 Å². The second-order valence-electron chi connectivity index (χ2n) is 4.96. The van der Waals surface area contributed by atoms with Gasteiger partial charge in [0.2, 0.25) is 0 Å². The molecule has 1 aromatic carbocycles. The van der Waals surface area contributed by atoms with Gasteiger partial charge in [0.05, 0.1) is 6.54 Å². The second-order valence-corrected chi connectivity index (χ2v) is 4.96. The number of nitrogens with one attached hydrogen (secondary N) is 1. The smallest absolute Gasteiger partial charge is 0.125 e. The molecule has 4 nitrogen and oxygen atoms in total. The summed E-state index contributed by atoms with van der Waals surface area (Å²) in [5, 5.41) is 7.52. The molecule has 1 N–H and O–H groups in total. The number of nitrogens with zero attached hydrogens (tertiary/aromatic N) is 2. The van der Waals surface area contributed by atoms with E-state index in [0.29, 0.717) is 6.61 Å². The fourth-order valence-corrected chi connectivity index (χ4v) is 2.31. The minimum Gasteiger partial charge on any atom is -0.491 e. The molecule has 0 fully saturated rings. The highest BCUT2D eigenvalue weighted by atomic mass is 16.5. The molecule has 0 saturated carbocycles. The minimum atomic E-state index is 0.635. The van der Waals surface area contributed by atoms with Crippen molar-refractivity contribution >= 4 is 0 Å². The van der Waals surface area contributed by atoms with E-state index in [4.69, 9.17) is 4.74 Å². The van der Waals surface area contributed by atoms with Crippen molar-refractivity contribution in [1.29, 1.82) is 0 Å². The van der Waals surface area contributed by atoms with Gasteiger partial charge in [0.25, 0.3) is 0 Å². The third kappa shape index (κ3) is 3.84. The highest BCUT2D eigenvalue weighted by molar-refractivity contribution is 5.43. The first-order valence-electron chi connectivity index (χ1n) is 7.11. The molecule has 0 unspecified atom stereocenters. The Kier molecular flexibility index (Phi) is 5.18. The molecule has 0 aliphatic rings. The summed E-state index contributed by atoms with van der Waals surface area (Å²) in [6, 6.07) is 6.31. The first-order valence-corrected chi connectivity index (χ1v) is 7.11. The number of aryl methyl sites for hydroxylation is 2. The molecule has 1 heterocycles. The van der Waals surface area contributed by atoms with E-state index in [1.54, 1.807) is 6.20 Å². The largest absolute Gasteiger partial charge is 0.491 e. The average Bonchev–Trinajstić information content (AvgIpc) is 2.92. The standard InChI is InChI=1S/C16H23N3O/c1-4-17-12-15-10-13(2)16(14(3)11-15)20-9-8-19-7-5-6-18-19/h5-7,10-11,17H,4,8-9,12H2,1-3H3. The van der Waals surface area contributed by atoms with Crippen molar-refractivity contribution < 1.29 is 4.74 Å². The summed E-state index contributed by atoms with van der Waals surface area (Å²) in [6.07, 6.45) is 3.73. The number of rotatable bonds is 7. The van der Waals surface area contributed by atoms with E-state index >= 15 is 0 Å². The fourth-order valence-electron chi connectivity index (χ4n) is 2.31. The van der Waals surface area contributed by atoms with E-state index in [2.05, 4.69) is 43.3 Å². The summed E-state index contributed by atoms with van der Waals surface area (Å²) in [4.78, 5) is 0. The van der Waals surface area contributed by atoms with Crippen molar-refractivity contribution in [2.45, 2.75) is 33.9 Å². The first kappa shape index (κ1) is 14.6. The SMILES string of the molecule is CCNCc1cc(C)c(OCCn2cccn2)c(C)c1. The van der Waals surface area contributed by atoms with Gasteiger partial charge in [-0.05, 0) is 43.1 Å². The Balaban J connectivity index is 1.97. The average molecular weight is 273 g/mol. The van der Waals surface area contributed by atoms with Crippen LogP contribution in [0.5, 0.6) is 5.75 Å². The van der Waals surface area contributed by atoms with Crippen molar-refractivity contribution in [3.05, 3.63) is 47.3 Å². The van der Waals surface area contributed by atoms with Crippen molar-refractivity contribution in [3.8, 4) is 5.75 Å². The van der Waals surface area contributed by atoms with Gasteiger partial charge >= 0.3 is 0 Å². The van der Waals surface area contributed by atoms with Crippen LogP contribution < -0.4 is 10.1 Å². The zero-order chi connectivity index (χ0) is 14.4. The predicted molar refractivity (Wildman–Crippen MR) is 81.0 cm³/mol. The summed E-state index contributed by atoms with van der Waals surface area (Å²) in [5.41, 5.74) is 3.69. The van der Waals surface area contributed by atoms with Gasteiger partial charge in [-0.25, -0.2) is 0 Å². The number of ether oxygens (including phenoxy) is 1. The molecule has 0 atom stereocenters. The second kappa shape index (κ2) is 7.10. The third-order valence-corrected chi connectivity index (χ3v) is 3.23. The Hall–Kier alpha value is -1.81. The van der Waals surface area contributed by atoms with Gasteiger partial charge < -0.3 is 10.1 Å². The molecular weight excluding hydrogens is 250 g/mol. The van der Waals surface area contributed by atoms with Gasteiger partial charge in [-0.2, -0.15) is 5.10 Å². The first-order chi connectivity index (χ1) is 9.70. The summed E-state index contributed by atoms with van der Waals surface area (Å²) in [6.45, 7) is 9.62. The predicted octanol–water partition coefficient (Wildman–Crippen LogP) is 2.69. The van der Waals surface area contributed by atoms with Crippen LogP contribution in [-0.2, 0) is 13.1 Å². The molecule has 0 bridgehead atoms. The van der Waals surface area contributed by atoms with Gasteiger partial charge in [0, 0.05) is 18.9 Å². The van der Waals surface area contributed by atoms with Gasteiger partial charge in [-0.3, -0.25) is 4.68 Å². The number of hydrogen-bond donors (Lipinski definition) is 1. The normalized spacial score (nSPS) is 10.8. The fraction of sp³-hybridized carbons (Fsp3) is 0.438. The summed E-state index contributed by atoms with van der Waals surface area (Å²) in [5.74, 6) is 0.998. The molecule has 2 aromatic rings. The lowest BCUT2D eigenvalue weighted by atomic mass is 10.1. The third-order valence-electron chi connectivity index (χ3n) is 3.23. The van der Waals surface area contributed by atoms with E-state index in [0.717, 1.165) is 25.4 Å². The molecule has 4 heteroatoms. The number of aromatic nitrogens is 2. The van der Waals surface area contributed by atoms with Crippen LogP contribution in [0.4, 0.5) is 0 Å². The van der Waals surface area contributed by atoms with Crippen LogP contribution >= 0.6 is 0 Å². The maximum atomic E-state index is 5.92. The Bertz CT molecular complexity index is 512. The van der Waals surface area contributed by atoms with E-state index in [-0.39, 0.29) is 0 Å². The lowest BCUT2D eigenvalue weighted by Gasteiger charge is -2.14. The zero-order valence-corrected chi connectivity index (χ0v) is 12.5. The van der Waals surface area contributed by atoms with Crippen molar-refractivity contribution in [2.24, 2.45) is 0 Å². The molecule has 0 aliphatic carbocycles. The number of benzene rings is 1. The summed E-state index contributed by atoms with van der Waals surface area (Å²) >= 11 is 0. The van der Waals surface area contributed by atoms with Crippen molar-refractivity contribution in [3.63, 3.8) is 0 Å². The van der Waals surface area contributed by atoms with Gasteiger partial charge in [-0.1, -0.05) is 19.1 Å². The summed E-state index contributed by atoms with van der Waals surface area (Å²) < 4.78 is 7.80. The van der Waals surface area contributed by atoms with Crippen LogP contribution in [0.3, 0.4) is 0 Å². The quantitative estimate of drug-likeness (QED) is 0.843. The molecule has 0 amide bonds. The Morgan fingerprint density at radius 3 is 2.60 bits per heavy atom. The summed E-state index contributed by atoms with van der Waals surface area (Å²) in [7, 11) is 0. The molecular formula is C16H23N3O. The van der Waals surface area contributed by atoms with Gasteiger partial charge in [0.1, 0.15) is 12.4 Å². The number of hydrogen-bond acceptors (Lipinski definition) is 3. The minimum absolute atomic E-state index is 0.635. The van der Waals surface area contributed by atoms with Gasteiger partial charge in [0.15, 0.2) is 0 Å². The topological polar surface area (TPSA) is 39.1 Å². The maximum absolute atomic E-state index is 5.92. The molecule has 1 aromatic heterocycles. The molecule has 108 valence electrons. The molecule has 0 radical (unpaired) electrons. The molecule has 0 spiro atoms. The van der Waals surface area contributed by atoms with Crippen LogP contribution in [0.1, 0.15) is 23.6 Å². The zero-order valence-electron chi connectivity index (χ0n) is 12.5. The van der Waals surface area contributed by atoms with E-state index in [1.165, 1.54) is 16.7 Å². The highest BCUT2D eigenvalue weighted by Gasteiger charge is 2.06. The lowest BCUT2D eigenvalue weighted by Crippen LogP contribution is -2.13. The van der Waals surface area contributed by atoms with Crippen molar-refractivity contribution in [2.75, 3.05) is 13.2 Å². The van der Waals surface area contributed by atoms with Crippen LogP contribution in [0.15, 0.2) is 30.6 Å². The highest BCUT2D eigenvalue weighted by Crippen LogP contribution is 2.24. The van der Waals surface area contributed by atoms with Crippen LogP contribution in [0.25, 0.3) is 0 Å². The van der Waals surface area contributed by atoms with E-state index in [9.17, 15) is 0 Å². The van der Waals surface area contributed by atoms with Crippen LogP contribution in [0.2, 0.25) is 0 Å². The van der Waals surface area contributed by atoms with E-state index < -0.39 is 0 Å². The molecule has 0 saturated heterocycles. The van der Waals surface area contributed by atoms with Crippen LogP contribution in [-0.4, -0.2) is 22.9 Å². The van der Waals surface area contributed by atoms with Gasteiger partial charge in [-0.15, -0.1) is 0 Å². The maximum Gasteiger partial charge on any atom is 0.125 e. The Morgan fingerprint density at radius 1 is 1.25 bits per heavy atom. The Morgan fingerprint density at radius 2 is 2.00 bits per heavy atom. The molecule has 0 aliphatic heterocycles. The molecule has 2 rings (SSSR count). The lowest BCUT2D eigenvalue weighted by molar-refractivity contribution is 0.287. The monoisotopic (exact) mass is 273 g/mol.